The maximum absolute atomic E-state index is 12.1. The number of amides is 1. The van der Waals surface area contributed by atoms with E-state index in [4.69, 9.17) is 9.47 Å². The van der Waals surface area contributed by atoms with E-state index in [1.165, 1.54) is 0 Å². The van der Waals surface area contributed by atoms with E-state index in [0.717, 1.165) is 0 Å². The quantitative estimate of drug-likeness (QED) is 0.764. The minimum absolute atomic E-state index is 0.311. The van der Waals surface area contributed by atoms with E-state index < -0.39 is 5.60 Å². The molecule has 0 radical (unpaired) electrons. The smallest absolute Gasteiger partial charge is 0.410 e. The Bertz CT molecular complexity index is 599. The highest BCUT2D eigenvalue weighted by Crippen LogP contribution is 2.21. The summed E-state index contributed by atoms with van der Waals surface area (Å²) in [5.74, 6) is 0.218. The van der Waals surface area contributed by atoms with Gasteiger partial charge in [-0.25, -0.2) is 9.59 Å². The number of hydrogen-bond donors (Lipinski definition) is 0. The summed E-state index contributed by atoms with van der Waals surface area (Å²) in [6.45, 7) is 13.8. The van der Waals surface area contributed by atoms with Crippen molar-refractivity contribution in [3.63, 3.8) is 0 Å². The Morgan fingerprint density at radius 2 is 1.73 bits per heavy atom. The van der Waals surface area contributed by atoms with Gasteiger partial charge in [0.25, 0.3) is 0 Å². The normalized spacial score (nSPS) is 14.4. The van der Waals surface area contributed by atoms with E-state index in [2.05, 4.69) is 5.10 Å². The summed E-state index contributed by atoms with van der Waals surface area (Å²) in [6, 6.07) is 0. The lowest BCUT2D eigenvalue weighted by Gasteiger charge is -2.35. The third-order valence-electron chi connectivity index (χ3n) is 3.54. The Labute approximate surface area is 156 Å². The number of anilines is 1. The molecule has 0 saturated carbocycles. The van der Waals surface area contributed by atoms with Gasteiger partial charge in [-0.15, -0.1) is 0 Å². The van der Waals surface area contributed by atoms with Crippen molar-refractivity contribution in [1.29, 1.82) is 0 Å². The third-order valence-corrected chi connectivity index (χ3v) is 3.54. The van der Waals surface area contributed by atoms with Gasteiger partial charge in [0.05, 0.1) is 6.61 Å². The van der Waals surface area contributed by atoms with Gasteiger partial charge < -0.3 is 19.3 Å². The van der Waals surface area contributed by atoms with Crippen LogP contribution in [0.3, 0.4) is 0 Å². The van der Waals surface area contributed by atoms with Gasteiger partial charge in [0, 0.05) is 39.4 Å². The molecule has 0 atom stereocenters. The van der Waals surface area contributed by atoms with Crippen LogP contribution in [0.1, 0.15) is 51.9 Å². The Morgan fingerprint density at radius 3 is 2.23 bits per heavy atom. The molecule has 1 amide bonds. The van der Waals surface area contributed by atoms with Crippen LogP contribution < -0.4 is 4.90 Å². The number of ether oxygens (including phenoxy) is 2. The molecule has 1 aliphatic heterocycles. The van der Waals surface area contributed by atoms with E-state index in [9.17, 15) is 9.59 Å². The second kappa shape index (κ2) is 9.45. The van der Waals surface area contributed by atoms with E-state index in [1.54, 1.807) is 29.7 Å². The molecule has 8 heteroatoms. The fraction of sp³-hybridized carbons (Fsp3) is 0.722. The number of esters is 1. The summed E-state index contributed by atoms with van der Waals surface area (Å²) in [7, 11) is 1.77. The van der Waals surface area contributed by atoms with Crippen molar-refractivity contribution in [3.8, 4) is 0 Å². The van der Waals surface area contributed by atoms with Gasteiger partial charge in [0.15, 0.2) is 5.82 Å². The Hall–Kier alpha value is -2.25. The van der Waals surface area contributed by atoms with Crippen LogP contribution >= 0.6 is 0 Å². The lowest BCUT2D eigenvalue weighted by atomic mass is 10.2. The average molecular weight is 368 g/mol. The number of piperazine rings is 1. The SMILES string of the molecule is CC.CCOC(=O)c1cn(C)nc1N1CCN(C(=O)OC(C)(C)C)CC1. The van der Waals surface area contributed by atoms with E-state index in [0.29, 0.717) is 44.2 Å². The van der Waals surface area contributed by atoms with Crippen molar-refractivity contribution in [2.45, 2.75) is 47.1 Å². The van der Waals surface area contributed by atoms with Crippen molar-refractivity contribution in [2.75, 3.05) is 37.7 Å². The fourth-order valence-electron chi connectivity index (χ4n) is 2.49. The molecule has 8 nitrogen and oxygen atoms in total. The van der Waals surface area contributed by atoms with Gasteiger partial charge in [0.2, 0.25) is 0 Å². The first-order valence-corrected chi connectivity index (χ1v) is 9.15. The van der Waals surface area contributed by atoms with Crippen LogP contribution in [0, 0.1) is 0 Å². The predicted molar refractivity (Wildman–Crippen MR) is 101 cm³/mol. The molecule has 0 unspecified atom stereocenters. The first-order chi connectivity index (χ1) is 12.2. The molecule has 0 aliphatic carbocycles. The number of rotatable bonds is 3. The highest BCUT2D eigenvalue weighted by molar-refractivity contribution is 5.94. The monoisotopic (exact) mass is 368 g/mol. The minimum atomic E-state index is -0.508. The molecular formula is C18H32N4O4. The summed E-state index contributed by atoms with van der Waals surface area (Å²) in [5, 5.41) is 4.37. The maximum Gasteiger partial charge on any atom is 0.410 e. The summed E-state index contributed by atoms with van der Waals surface area (Å²) in [5.41, 5.74) is -0.0585. The Balaban J connectivity index is 0.00000163. The number of aromatic nitrogens is 2. The maximum atomic E-state index is 12.1. The van der Waals surface area contributed by atoms with Crippen LogP contribution in [0.2, 0.25) is 0 Å². The minimum Gasteiger partial charge on any atom is -0.462 e. The molecule has 1 aromatic rings. The second-order valence-corrected chi connectivity index (χ2v) is 6.71. The molecule has 0 spiro atoms. The third kappa shape index (κ3) is 5.93. The van der Waals surface area contributed by atoms with E-state index >= 15 is 0 Å². The standard InChI is InChI=1S/C16H26N4O4.C2H6/c1-6-23-14(21)12-11-18(5)17-13(12)19-7-9-20(10-8-19)15(22)24-16(2,3)4;1-2/h11H,6-10H2,1-5H3;1-2H3. The highest BCUT2D eigenvalue weighted by Gasteiger charge is 2.29. The van der Waals surface area contributed by atoms with Crippen molar-refractivity contribution in [3.05, 3.63) is 11.8 Å². The summed E-state index contributed by atoms with van der Waals surface area (Å²) >= 11 is 0. The summed E-state index contributed by atoms with van der Waals surface area (Å²) in [6.07, 6.45) is 1.35. The first kappa shape index (κ1) is 21.8. The second-order valence-electron chi connectivity index (χ2n) is 6.71. The molecule has 1 fully saturated rings. The van der Waals surface area contributed by atoms with Gasteiger partial charge in [0.1, 0.15) is 11.2 Å². The number of nitrogens with zero attached hydrogens (tertiary/aromatic N) is 4. The Morgan fingerprint density at radius 1 is 1.15 bits per heavy atom. The molecular weight excluding hydrogens is 336 g/mol. The van der Waals surface area contributed by atoms with Crippen LogP contribution in [-0.4, -0.2) is 65.1 Å². The predicted octanol–water partition coefficient (Wildman–Crippen LogP) is 2.68. The molecule has 148 valence electrons. The zero-order chi connectivity index (χ0) is 19.9. The van der Waals surface area contributed by atoms with Gasteiger partial charge in [-0.1, -0.05) is 13.8 Å². The molecule has 1 saturated heterocycles. The number of carbonyl (C=O) groups excluding carboxylic acids is 2. The number of aryl methyl sites for hydroxylation is 1. The molecule has 2 rings (SSSR count). The largest absolute Gasteiger partial charge is 0.462 e. The molecule has 0 N–H and O–H groups in total. The van der Waals surface area contributed by atoms with Crippen molar-refractivity contribution >= 4 is 17.9 Å². The van der Waals surface area contributed by atoms with Crippen LogP contribution in [0.5, 0.6) is 0 Å². The number of hydrogen-bond acceptors (Lipinski definition) is 6. The van der Waals surface area contributed by atoms with Gasteiger partial charge in [-0.05, 0) is 27.7 Å². The van der Waals surface area contributed by atoms with Crippen LogP contribution in [0.25, 0.3) is 0 Å². The first-order valence-electron chi connectivity index (χ1n) is 9.15. The summed E-state index contributed by atoms with van der Waals surface area (Å²) < 4.78 is 12.1. The highest BCUT2D eigenvalue weighted by atomic mass is 16.6. The molecule has 26 heavy (non-hydrogen) atoms. The summed E-state index contributed by atoms with van der Waals surface area (Å²) in [4.78, 5) is 27.8. The lowest BCUT2D eigenvalue weighted by molar-refractivity contribution is 0.0239. The number of carbonyl (C=O) groups is 2. The van der Waals surface area contributed by atoms with Gasteiger partial charge in [-0.2, -0.15) is 5.10 Å². The van der Waals surface area contributed by atoms with Gasteiger partial charge in [-0.3, -0.25) is 4.68 Å². The van der Waals surface area contributed by atoms with Crippen molar-refractivity contribution in [2.24, 2.45) is 7.05 Å². The molecule has 1 aromatic heterocycles. The van der Waals surface area contributed by atoms with Crippen molar-refractivity contribution in [1.82, 2.24) is 14.7 Å². The molecule has 0 bridgehead atoms. The van der Waals surface area contributed by atoms with Crippen LogP contribution in [0.15, 0.2) is 6.20 Å². The molecule has 2 heterocycles. The Kier molecular flexibility index (Phi) is 7.92. The van der Waals surface area contributed by atoms with Crippen LogP contribution in [0.4, 0.5) is 10.6 Å². The van der Waals surface area contributed by atoms with Gasteiger partial charge >= 0.3 is 12.1 Å². The zero-order valence-corrected chi connectivity index (χ0v) is 17.0. The zero-order valence-electron chi connectivity index (χ0n) is 17.0. The topological polar surface area (TPSA) is 76.9 Å². The van der Waals surface area contributed by atoms with E-state index in [-0.39, 0.29) is 12.1 Å². The van der Waals surface area contributed by atoms with Crippen molar-refractivity contribution < 1.29 is 19.1 Å². The van der Waals surface area contributed by atoms with Crippen LogP contribution in [-0.2, 0) is 16.5 Å². The lowest BCUT2D eigenvalue weighted by Crippen LogP contribution is -2.50. The average Bonchev–Trinajstić information content (AvgIpc) is 2.97. The molecule has 1 aliphatic rings. The molecule has 0 aromatic carbocycles. The van der Waals surface area contributed by atoms with E-state index in [1.807, 2.05) is 39.5 Å². The fourth-order valence-corrected chi connectivity index (χ4v) is 2.49.